The van der Waals surface area contributed by atoms with Gasteiger partial charge in [0.25, 0.3) is 0 Å². The first-order chi connectivity index (χ1) is 16.5. The minimum Gasteiger partial charge on any atom is -0.307 e. The van der Waals surface area contributed by atoms with E-state index in [1.807, 2.05) is 25.1 Å². The Bertz CT molecular complexity index is 1790. The summed E-state index contributed by atoms with van der Waals surface area (Å²) in [7, 11) is 1.78. The van der Waals surface area contributed by atoms with Crippen LogP contribution >= 0.6 is 0 Å². The molecule has 2 nitrogen and oxygen atoms in total. The number of aromatic nitrogens is 2. The molecule has 3 aromatic carbocycles. The van der Waals surface area contributed by atoms with Gasteiger partial charge in [-0.25, -0.2) is 4.57 Å². The van der Waals surface area contributed by atoms with Crippen LogP contribution in [0.25, 0.3) is 49.4 Å². The molecule has 140 valence electrons. The number of para-hydroxylation sites is 2. The molecule has 0 radical (unpaired) electrons. The lowest BCUT2D eigenvalue weighted by Crippen LogP contribution is -2.31. The Morgan fingerprint density at radius 3 is 2.31 bits per heavy atom. The Kier molecular flexibility index (Phi) is 2.22. The van der Waals surface area contributed by atoms with Gasteiger partial charge in [-0.15, -0.1) is 0 Å². The van der Waals surface area contributed by atoms with Gasteiger partial charge in [0.05, 0.1) is 22.1 Å². The number of aryl methyl sites for hydroxylation is 4. The number of benzene rings is 3. The average molecular weight is 382 g/mol. The SMILES string of the molecule is [2H]C([2H])([2H])c1cc(-c2c(C)ccc3c4cccc5c6ccccc6n(c23)c54)[n+](C)cc1C([2H])([2H])[2H]. The van der Waals surface area contributed by atoms with Gasteiger partial charge >= 0.3 is 0 Å². The second-order valence-corrected chi connectivity index (χ2v) is 7.80. The van der Waals surface area contributed by atoms with Crippen LogP contribution < -0.4 is 4.57 Å². The molecular formula is C27H23N2+. The van der Waals surface area contributed by atoms with E-state index in [-0.39, 0.29) is 11.1 Å². The smallest absolute Gasteiger partial charge is 0.214 e. The molecule has 6 aromatic rings. The van der Waals surface area contributed by atoms with Crippen molar-refractivity contribution < 1.29 is 12.8 Å². The second kappa shape index (κ2) is 5.57. The summed E-state index contributed by atoms with van der Waals surface area (Å²) in [5.41, 5.74) is 5.46. The molecule has 0 unspecified atom stereocenters. The van der Waals surface area contributed by atoms with Gasteiger partial charge in [-0.2, -0.15) is 0 Å². The fourth-order valence-corrected chi connectivity index (χ4v) is 4.83. The van der Waals surface area contributed by atoms with E-state index in [0.29, 0.717) is 5.69 Å². The number of rotatable bonds is 1. The zero-order chi connectivity index (χ0) is 24.9. The van der Waals surface area contributed by atoms with Crippen LogP contribution in [-0.2, 0) is 7.05 Å². The molecule has 3 heterocycles. The minimum atomic E-state index is -2.56. The largest absolute Gasteiger partial charge is 0.307 e. The summed E-state index contributed by atoms with van der Waals surface area (Å²) in [6, 6.07) is 20.3. The van der Waals surface area contributed by atoms with Gasteiger partial charge in [0.1, 0.15) is 7.05 Å². The maximum Gasteiger partial charge on any atom is 0.214 e. The van der Waals surface area contributed by atoms with E-state index >= 15 is 0 Å². The topological polar surface area (TPSA) is 8.29 Å². The third kappa shape index (κ3) is 2.04. The van der Waals surface area contributed by atoms with Gasteiger partial charge < -0.3 is 4.40 Å². The molecule has 0 bridgehead atoms. The highest BCUT2D eigenvalue weighted by atomic mass is 14.9. The first kappa shape index (κ1) is 11.6. The maximum atomic E-state index is 8.08. The standard InChI is InChI=1S/C27H23N2/c1-16-12-13-22-21-10-7-9-20-19-8-5-6-11-23(19)29(26(20)21)27(22)25(16)24-14-17(2)18(3)15-28(24)4/h5-15H,1-4H3/q+1/i2D3,3D3. The van der Waals surface area contributed by atoms with Gasteiger partial charge in [-0.1, -0.05) is 48.5 Å². The van der Waals surface area contributed by atoms with Crippen molar-refractivity contribution in [1.29, 1.82) is 0 Å². The van der Waals surface area contributed by atoms with Gasteiger partial charge in [-0.05, 0) is 37.8 Å². The molecule has 29 heavy (non-hydrogen) atoms. The summed E-state index contributed by atoms with van der Waals surface area (Å²) < 4.78 is 52.0. The van der Waals surface area contributed by atoms with Crippen LogP contribution in [0.4, 0.5) is 0 Å². The zero-order valence-corrected chi connectivity index (χ0v) is 16.2. The van der Waals surface area contributed by atoms with Crippen molar-refractivity contribution in [2.45, 2.75) is 20.6 Å². The normalized spacial score (nSPS) is 16.1. The average Bonchev–Trinajstić information content (AvgIpc) is 3.30. The van der Waals surface area contributed by atoms with Crippen molar-refractivity contribution in [2.75, 3.05) is 0 Å². The van der Waals surface area contributed by atoms with Gasteiger partial charge in [0, 0.05) is 41.4 Å². The van der Waals surface area contributed by atoms with Crippen molar-refractivity contribution in [3.63, 3.8) is 0 Å². The lowest BCUT2D eigenvalue weighted by atomic mass is 9.98. The molecular weight excluding hydrogens is 352 g/mol. The van der Waals surface area contributed by atoms with Crippen LogP contribution in [0.1, 0.15) is 24.9 Å². The van der Waals surface area contributed by atoms with Crippen LogP contribution in [0.3, 0.4) is 0 Å². The number of nitrogens with zero attached hydrogens (tertiary/aromatic N) is 2. The summed E-state index contributed by atoms with van der Waals surface area (Å²) in [6.45, 7) is -3.09. The van der Waals surface area contributed by atoms with Crippen molar-refractivity contribution in [1.82, 2.24) is 4.40 Å². The molecule has 0 saturated heterocycles. The fraction of sp³-hybridized carbons (Fsp3) is 0.148. The van der Waals surface area contributed by atoms with Gasteiger partial charge in [-0.3, -0.25) is 0 Å². The van der Waals surface area contributed by atoms with Crippen LogP contribution in [0.5, 0.6) is 0 Å². The van der Waals surface area contributed by atoms with E-state index < -0.39 is 13.7 Å². The summed E-state index contributed by atoms with van der Waals surface area (Å²) in [6.07, 6.45) is 1.45. The van der Waals surface area contributed by atoms with Crippen LogP contribution in [-0.4, -0.2) is 4.40 Å². The molecule has 2 heteroatoms. The number of hydrogen-bond donors (Lipinski definition) is 0. The summed E-state index contributed by atoms with van der Waals surface area (Å²) in [4.78, 5) is 0. The third-order valence-electron chi connectivity index (χ3n) is 6.12. The third-order valence-corrected chi connectivity index (χ3v) is 6.12. The highest BCUT2D eigenvalue weighted by molar-refractivity contribution is 6.25. The molecule has 0 saturated carbocycles. The lowest BCUT2D eigenvalue weighted by Gasteiger charge is -2.10. The van der Waals surface area contributed by atoms with Crippen molar-refractivity contribution in [2.24, 2.45) is 7.05 Å². The van der Waals surface area contributed by atoms with E-state index in [1.165, 1.54) is 11.6 Å². The first-order valence-electron chi connectivity index (χ1n) is 12.7. The summed E-state index contributed by atoms with van der Waals surface area (Å²) >= 11 is 0. The molecule has 0 spiro atoms. The molecule has 0 aliphatic rings. The molecule has 0 N–H and O–H groups in total. The number of pyridine rings is 1. The molecule has 0 fully saturated rings. The maximum absolute atomic E-state index is 8.08. The van der Waals surface area contributed by atoms with Crippen LogP contribution in [0, 0.1) is 20.6 Å². The van der Waals surface area contributed by atoms with E-state index in [0.717, 1.165) is 43.8 Å². The number of fused-ring (bicyclic) bond motifs is 6. The molecule has 3 aromatic heterocycles. The zero-order valence-electron chi connectivity index (χ0n) is 22.2. The summed E-state index contributed by atoms with van der Waals surface area (Å²) in [5, 5.41) is 4.54. The lowest BCUT2D eigenvalue weighted by molar-refractivity contribution is -0.660. The van der Waals surface area contributed by atoms with Crippen LogP contribution in [0.15, 0.2) is 66.9 Å². The highest BCUT2D eigenvalue weighted by Crippen LogP contribution is 2.42. The van der Waals surface area contributed by atoms with Gasteiger partial charge in [0.2, 0.25) is 5.69 Å². The van der Waals surface area contributed by atoms with Crippen LogP contribution in [0.2, 0.25) is 0 Å². The minimum absolute atomic E-state index is 0.138. The Hall–Kier alpha value is -3.39. The monoisotopic (exact) mass is 381 g/mol. The molecule has 6 rings (SSSR count). The highest BCUT2D eigenvalue weighted by Gasteiger charge is 2.24. The Balaban J connectivity index is 1.83. The second-order valence-electron chi connectivity index (χ2n) is 7.80. The Morgan fingerprint density at radius 2 is 1.48 bits per heavy atom. The van der Waals surface area contributed by atoms with Crippen molar-refractivity contribution >= 4 is 38.1 Å². The summed E-state index contributed by atoms with van der Waals surface area (Å²) in [5.74, 6) is 0. The van der Waals surface area contributed by atoms with Gasteiger partial charge in [0.15, 0.2) is 6.20 Å². The predicted molar refractivity (Wildman–Crippen MR) is 122 cm³/mol. The van der Waals surface area contributed by atoms with Crippen molar-refractivity contribution in [3.8, 4) is 11.3 Å². The van der Waals surface area contributed by atoms with Crippen molar-refractivity contribution in [3.05, 3.63) is 83.6 Å². The van der Waals surface area contributed by atoms with E-state index in [2.05, 4.69) is 40.8 Å². The molecule has 0 aliphatic heterocycles. The van der Waals surface area contributed by atoms with E-state index in [9.17, 15) is 0 Å². The van der Waals surface area contributed by atoms with E-state index in [1.54, 1.807) is 17.7 Å². The molecule has 0 atom stereocenters. The first-order valence-corrected chi connectivity index (χ1v) is 9.70. The Labute approximate surface area is 178 Å². The quantitative estimate of drug-likeness (QED) is 0.297. The Morgan fingerprint density at radius 1 is 0.759 bits per heavy atom. The molecule has 0 amide bonds. The fourth-order valence-electron chi connectivity index (χ4n) is 4.83. The predicted octanol–water partition coefficient (Wildman–Crippen LogP) is 6.25. The number of hydrogen-bond acceptors (Lipinski definition) is 0. The van der Waals surface area contributed by atoms with E-state index in [4.69, 9.17) is 8.22 Å². The molecule has 0 aliphatic carbocycles.